The molecule has 0 radical (unpaired) electrons. The molecule has 3 rings (SSSR count). The van der Waals surface area contributed by atoms with E-state index in [1.807, 2.05) is 9.80 Å². The van der Waals surface area contributed by atoms with Gasteiger partial charge in [0.2, 0.25) is 11.8 Å². The van der Waals surface area contributed by atoms with Crippen LogP contribution in [0.2, 0.25) is 0 Å². The topological polar surface area (TPSA) is 40.6 Å². The molecule has 1 heterocycles. The van der Waals surface area contributed by atoms with Crippen LogP contribution in [0.3, 0.4) is 0 Å². The molecular weight excluding hydrogens is 331 g/mol. The zero-order chi connectivity index (χ0) is 18.4. The van der Waals surface area contributed by atoms with E-state index in [9.17, 15) is 14.0 Å². The van der Waals surface area contributed by atoms with Gasteiger partial charge in [0.1, 0.15) is 5.82 Å². The van der Waals surface area contributed by atoms with Crippen molar-refractivity contribution >= 4 is 11.8 Å². The lowest BCUT2D eigenvalue weighted by molar-refractivity contribution is -0.137. The number of halogens is 1. The molecule has 0 atom stereocenters. The molecule has 1 aromatic rings. The minimum atomic E-state index is -0.254. The lowest BCUT2D eigenvalue weighted by atomic mass is 9.88. The molecule has 0 aromatic heterocycles. The molecule has 0 spiro atoms. The molecule has 2 aliphatic rings. The first-order chi connectivity index (χ1) is 12.6. The predicted octanol–water partition coefficient (Wildman–Crippen LogP) is 3.40. The molecule has 142 valence electrons. The van der Waals surface area contributed by atoms with Gasteiger partial charge in [-0.05, 0) is 43.4 Å². The van der Waals surface area contributed by atoms with E-state index < -0.39 is 0 Å². The average molecular weight is 360 g/mol. The van der Waals surface area contributed by atoms with Gasteiger partial charge in [-0.3, -0.25) is 9.59 Å². The molecule has 1 aromatic carbocycles. The second-order valence-electron chi connectivity index (χ2n) is 7.52. The van der Waals surface area contributed by atoms with Crippen LogP contribution in [-0.2, 0) is 16.0 Å². The Hall–Kier alpha value is -1.91. The van der Waals surface area contributed by atoms with Crippen molar-refractivity contribution in [2.24, 2.45) is 5.92 Å². The van der Waals surface area contributed by atoms with Crippen LogP contribution in [0.4, 0.5) is 4.39 Å². The molecular formula is C21H29FN2O2. The summed E-state index contributed by atoms with van der Waals surface area (Å²) in [5, 5.41) is 0. The molecule has 0 bridgehead atoms. The van der Waals surface area contributed by atoms with Crippen LogP contribution in [-0.4, -0.2) is 47.8 Å². The third-order valence-corrected chi connectivity index (χ3v) is 5.66. The second kappa shape index (κ2) is 9.15. The molecule has 2 amide bonds. The molecule has 1 aliphatic heterocycles. The zero-order valence-electron chi connectivity index (χ0n) is 15.5. The van der Waals surface area contributed by atoms with Crippen LogP contribution in [0.25, 0.3) is 0 Å². The normalized spacial score (nSPS) is 19.3. The Morgan fingerprint density at radius 3 is 2.27 bits per heavy atom. The summed E-state index contributed by atoms with van der Waals surface area (Å²) in [5.41, 5.74) is 0.976. The number of benzene rings is 1. The Morgan fingerprint density at radius 2 is 1.54 bits per heavy atom. The molecule has 2 fully saturated rings. The van der Waals surface area contributed by atoms with Gasteiger partial charge in [0.05, 0.1) is 0 Å². The van der Waals surface area contributed by atoms with E-state index in [0.29, 0.717) is 31.8 Å². The minimum Gasteiger partial charge on any atom is -0.341 e. The first-order valence-corrected chi connectivity index (χ1v) is 9.94. The Kier molecular flexibility index (Phi) is 6.64. The molecule has 1 saturated heterocycles. The van der Waals surface area contributed by atoms with Crippen LogP contribution < -0.4 is 0 Å². The summed E-state index contributed by atoms with van der Waals surface area (Å²) in [4.78, 5) is 29.1. The molecule has 5 heteroatoms. The monoisotopic (exact) mass is 360 g/mol. The lowest BCUT2D eigenvalue weighted by Gasteiger charge is -2.28. The number of rotatable bonds is 4. The van der Waals surface area contributed by atoms with Crippen LogP contribution in [0.15, 0.2) is 24.3 Å². The van der Waals surface area contributed by atoms with E-state index in [2.05, 4.69) is 0 Å². The zero-order valence-corrected chi connectivity index (χ0v) is 15.5. The van der Waals surface area contributed by atoms with Crippen molar-refractivity contribution in [1.29, 1.82) is 0 Å². The van der Waals surface area contributed by atoms with Crippen LogP contribution in [0.5, 0.6) is 0 Å². The first kappa shape index (κ1) is 18.9. The van der Waals surface area contributed by atoms with Gasteiger partial charge in [0.15, 0.2) is 0 Å². The molecule has 1 saturated carbocycles. The van der Waals surface area contributed by atoms with Gasteiger partial charge < -0.3 is 9.80 Å². The van der Waals surface area contributed by atoms with Crippen molar-refractivity contribution in [1.82, 2.24) is 9.80 Å². The van der Waals surface area contributed by atoms with Crippen molar-refractivity contribution in [2.45, 2.75) is 51.4 Å². The number of nitrogens with zero attached hydrogens (tertiary/aromatic N) is 2. The van der Waals surface area contributed by atoms with Gasteiger partial charge in [-0.2, -0.15) is 0 Å². The SMILES string of the molecule is O=C(CCc1ccc(F)cc1)N1CCCN(C(=O)C2CCCCC2)CC1. The third-order valence-electron chi connectivity index (χ3n) is 5.66. The van der Waals surface area contributed by atoms with Gasteiger partial charge in [0, 0.05) is 38.5 Å². The van der Waals surface area contributed by atoms with Crippen LogP contribution >= 0.6 is 0 Å². The van der Waals surface area contributed by atoms with Gasteiger partial charge in [0.25, 0.3) is 0 Å². The summed E-state index contributed by atoms with van der Waals surface area (Å²) in [6, 6.07) is 6.33. The maximum absolute atomic E-state index is 13.0. The van der Waals surface area contributed by atoms with Gasteiger partial charge in [-0.1, -0.05) is 31.4 Å². The number of carbonyl (C=O) groups is 2. The molecule has 0 N–H and O–H groups in total. The lowest BCUT2D eigenvalue weighted by Crippen LogP contribution is -2.40. The highest BCUT2D eigenvalue weighted by atomic mass is 19.1. The Balaban J connectivity index is 1.47. The predicted molar refractivity (Wildman–Crippen MR) is 99.1 cm³/mol. The highest BCUT2D eigenvalue weighted by molar-refractivity contribution is 5.79. The van der Waals surface area contributed by atoms with Crippen molar-refractivity contribution in [2.75, 3.05) is 26.2 Å². The first-order valence-electron chi connectivity index (χ1n) is 9.94. The molecule has 1 aliphatic carbocycles. The molecule has 26 heavy (non-hydrogen) atoms. The number of aryl methyl sites for hydroxylation is 1. The standard InChI is InChI=1S/C21H29FN2O2/c22-19-10-7-17(8-11-19)9-12-20(25)23-13-4-14-24(16-15-23)21(26)18-5-2-1-3-6-18/h7-8,10-11,18H,1-6,9,12-16H2. The fraction of sp³-hybridized carbons (Fsp3) is 0.619. The summed E-state index contributed by atoms with van der Waals surface area (Å²) >= 11 is 0. The third kappa shape index (κ3) is 5.05. The van der Waals surface area contributed by atoms with E-state index in [-0.39, 0.29) is 17.6 Å². The van der Waals surface area contributed by atoms with Gasteiger partial charge >= 0.3 is 0 Å². The quantitative estimate of drug-likeness (QED) is 0.826. The van der Waals surface area contributed by atoms with E-state index in [1.54, 1.807) is 12.1 Å². The maximum Gasteiger partial charge on any atom is 0.225 e. The van der Waals surface area contributed by atoms with Crippen molar-refractivity contribution in [3.05, 3.63) is 35.6 Å². The smallest absolute Gasteiger partial charge is 0.225 e. The Labute approximate surface area is 155 Å². The summed E-state index contributed by atoms with van der Waals surface area (Å²) < 4.78 is 13.0. The van der Waals surface area contributed by atoms with Crippen molar-refractivity contribution < 1.29 is 14.0 Å². The number of amides is 2. The molecule has 0 unspecified atom stereocenters. The van der Waals surface area contributed by atoms with Gasteiger partial charge in [-0.25, -0.2) is 4.39 Å². The number of hydrogen-bond donors (Lipinski definition) is 0. The Bertz CT molecular complexity index is 611. The van der Waals surface area contributed by atoms with Gasteiger partial charge in [-0.15, -0.1) is 0 Å². The van der Waals surface area contributed by atoms with E-state index in [1.165, 1.54) is 18.6 Å². The fourth-order valence-electron chi connectivity index (χ4n) is 4.06. The maximum atomic E-state index is 13.0. The summed E-state index contributed by atoms with van der Waals surface area (Å²) in [6.07, 6.45) is 7.53. The largest absolute Gasteiger partial charge is 0.341 e. The highest BCUT2D eigenvalue weighted by Gasteiger charge is 2.28. The van der Waals surface area contributed by atoms with Crippen LogP contribution in [0, 0.1) is 11.7 Å². The van der Waals surface area contributed by atoms with E-state index >= 15 is 0 Å². The summed E-state index contributed by atoms with van der Waals surface area (Å²) in [5.74, 6) is 0.367. The number of carbonyl (C=O) groups excluding carboxylic acids is 2. The minimum absolute atomic E-state index is 0.126. The molecule has 4 nitrogen and oxygen atoms in total. The highest BCUT2D eigenvalue weighted by Crippen LogP contribution is 2.26. The average Bonchev–Trinajstić information content (AvgIpc) is 2.94. The van der Waals surface area contributed by atoms with E-state index in [4.69, 9.17) is 0 Å². The summed E-state index contributed by atoms with van der Waals surface area (Å²) in [7, 11) is 0. The van der Waals surface area contributed by atoms with Crippen LogP contribution in [0.1, 0.15) is 50.5 Å². The fourth-order valence-corrected chi connectivity index (χ4v) is 4.06. The van der Waals surface area contributed by atoms with Crippen molar-refractivity contribution in [3.63, 3.8) is 0 Å². The van der Waals surface area contributed by atoms with E-state index in [0.717, 1.165) is 50.8 Å². The summed E-state index contributed by atoms with van der Waals surface area (Å²) in [6.45, 7) is 2.76. The Morgan fingerprint density at radius 1 is 0.885 bits per heavy atom. The second-order valence-corrected chi connectivity index (χ2v) is 7.52. The number of hydrogen-bond acceptors (Lipinski definition) is 2. The van der Waals surface area contributed by atoms with Crippen molar-refractivity contribution in [3.8, 4) is 0 Å².